The molecule has 1 heterocycles. The number of rotatable bonds is 4. The van der Waals surface area contributed by atoms with Crippen LogP contribution in [0.3, 0.4) is 0 Å². The van der Waals surface area contributed by atoms with Crippen LogP contribution in [-0.4, -0.2) is 43.2 Å². The van der Waals surface area contributed by atoms with Gasteiger partial charge in [0.25, 0.3) is 0 Å². The molecule has 0 spiro atoms. The van der Waals surface area contributed by atoms with E-state index in [1.54, 1.807) is 6.92 Å². The number of carbonyl (C=O) groups is 1. The van der Waals surface area contributed by atoms with Gasteiger partial charge in [-0.15, -0.1) is 0 Å². The van der Waals surface area contributed by atoms with Crippen LogP contribution in [0.5, 0.6) is 0 Å². The molecular formula is C7H12O5S. The molecule has 0 radical (unpaired) electrons. The monoisotopic (exact) mass is 208 g/mol. The third kappa shape index (κ3) is 2.41. The van der Waals surface area contributed by atoms with Crippen LogP contribution in [0, 0.1) is 0 Å². The molecular weight excluding hydrogens is 196 g/mol. The number of hydrogen-bond donors (Lipinski definition) is 1. The average molecular weight is 208 g/mol. The highest BCUT2D eigenvalue weighted by molar-refractivity contribution is 7.93. The van der Waals surface area contributed by atoms with Crippen molar-refractivity contribution in [2.75, 3.05) is 18.1 Å². The molecule has 1 aliphatic heterocycles. The van der Waals surface area contributed by atoms with E-state index < -0.39 is 21.4 Å². The van der Waals surface area contributed by atoms with Crippen LogP contribution >= 0.6 is 0 Å². The van der Waals surface area contributed by atoms with Crippen molar-refractivity contribution in [3.8, 4) is 0 Å². The Morgan fingerprint density at radius 1 is 1.54 bits per heavy atom. The minimum Gasteiger partial charge on any atom is -0.481 e. The lowest BCUT2D eigenvalue weighted by Gasteiger charge is -2.39. The Bertz CT molecular complexity index is 293. The Labute approximate surface area is 76.6 Å². The van der Waals surface area contributed by atoms with E-state index in [-0.39, 0.29) is 17.9 Å². The van der Waals surface area contributed by atoms with Gasteiger partial charge in [0.2, 0.25) is 0 Å². The summed E-state index contributed by atoms with van der Waals surface area (Å²) < 4.78 is 26.9. The van der Waals surface area contributed by atoms with E-state index in [1.807, 2.05) is 0 Å². The van der Waals surface area contributed by atoms with Crippen molar-refractivity contribution in [1.29, 1.82) is 0 Å². The second-order valence-corrected chi connectivity index (χ2v) is 5.28. The van der Waals surface area contributed by atoms with E-state index in [0.29, 0.717) is 6.61 Å². The first-order chi connectivity index (χ1) is 5.89. The molecule has 1 fully saturated rings. The molecule has 0 aromatic heterocycles. The first-order valence-electron chi connectivity index (χ1n) is 3.95. The fourth-order valence-corrected chi connectivity index (χ4v) is 3.47. The second-order valence-electron chi connectivity index (χ2n) is 3.22. The van der Waals surface area contributed by atoms with Crippen molar-refractivity contribution >= 4 is 15.8 Å². The summed E-state index contributed by atoms with van der Waals surface area (Å²) in [5.74, 6) is -1.36. The number of ether oxygens (including phenoxy) is 1. The van der Waals surface area contributed by atoms with Gasteiger partial charge in [-0.2, -0.15) is 0 Å². The largest absolute Gasteiger partial charge is 0.481 e. The number of carboxylic acids is 1. The summed E-state index contributed by atoms with van der Waals surface area (Å²) in [6.45, 7) is 2.05. The normalized spacial score (nSPS) is 23.5. The topological polar surface area (TPSA) is 80.7 Å². The maximum Gasteiger partial charge on any atom is 0.306 e. The van der Waals surface area contributed by atoms with Crippen molar-refractivity contribution in [3.05, 3.63) is 0 Å². The van der Waals surface area contributed by atoms with Gasteiger partial charge in [0.05, 0.1) is 17.9 Å². The molecule has 1 aliphatic rings. The van der Waals surface area contributed by atoms with Crippen LogP contribution in [0.25, 0.3) is 0 Å². The Balaban J connectivity index is 2.64. The summed E-state index contributed by atoms with van der Waals surface area (Å²) in [4.78, 5) is 10.4. The lowest BCUT2D eigenvalue weighted by Crippen LogP contribution is -2.57. The summed E-state index contributed by atoms with van der Waals surface area (Å²) in [5, 5.41) is 8.54. The number of aliphatic carboxylic acids is 1. The van der Waals surface area contributed by atoms with E-state index in [0.717, 1.165) is 0 Å². The van der Waals surface area contributed by atoms with Crippen LogP contribution < -0.4 is 0 Å². The highest BCUT2D eigenvalue weighted by Gasteiger charge is 2.50. The van der Waals surface area contributed by atoms with E-state index in [4.69, 9.17) is 9.84 Å². The van der Waals surface area contributed by atoms with Gasteiger partial charge in [-0.3, -0.25) is 4.79 Å². The first kappa shape index (κ1) is 10.5. The summed E-state index contributed by atoms with van der Waals surface area (Å²) in [5.41, 5.74) is -0.959. The number of hydrogen-bond acceptors (Lipinski definition) is 4. The van der Waals surface area contributed by atoms with Gasteiger partial charge < -0.3 is 9.84 Å². The Morgan fingerprint density at radius 3 is 2.38 bits per heavy atom. The maximum atomic E-state index is 10.9. The van der Waals surface area contributed by atoms with Crippen molar-refractivity contribution in [2.24, 2.45) is 0 Å². The maximum absolute atomic E-state index is 10.9. The van der Waals surface area contributed by atoms with Gasteiger partial charge in [0, 0.05) is 6.61 Å². The van der Waals surface area contributed by atoms with Gasteiger partial charge in [0.1, 0.15) is 5.60 Å². The van der Waals surface area contributed by atoms with E-state index in [2.05, 4.69) is 0 Å². The molecule has 0 unspecified atom stereocenters. The average Bonchev–Trinajstić information content (AvgIpc) is 1.80. The molecule has 0 aliphatic carbocycles. The Hall–Kier alpha value is -0.620. The van der Waals surface area contributed by atoms with E-state index in [1.165, 1.54) is 0 Å². The molecule has 0 aromatic rings. The molecule has 0 atom stereocenters. The van der Waals surface area contributed by atoms with Crippen molar-refractivity contribution in [2.45, 2.75) is 18.9 Å². The summed E-state index contributed by atoms with van der Waals surface area (Å²) in [6.07, 6.45) is -0.236. The van der Waals surface area contributed by atoms with E-state index >= 15 is 0 Å². The molecule has 0 saturated carbocycles. The molecule has 0 aromatic carbocycles. The molecule has 0 bridgehead atoms. The number of sulfone groups is 1. The van der Waals surface area contributed by atoms with Crippen LogP contribution in [0.4, 0.5) is 0 Å². The minimum absolute atomic E-state index is 0.167. The first-order valence-corrected chi connectivity index (χ1v) is 5.77. The lowest BCUT2D eigenvalue weighted by atomic mass is 10.0. The minimum atomic E-state index is -3.05. The lowest BCUT2D eigenvalue weighted by molar-refractivity contribution is -0.143. The van der Waals surface area contributed by atoms with Crippen LogP contribution in [0.2, 0.25) is 0 Å². The Kier molecular flexibility index (Phi) is 2.63. The molecule has 1 N–H and O–H groups in total. The van der Waals surface area contributed by atoms with Crippen molar-refractivity contribution < 1.29 is 23.1 Å². The predicted octanol–water partition coefficient (Wildman–Crippen LogP) is -0.335. The highest BCUT2D eigenvalue weighted by Crippen LogP contribution is 2.31. The number of carboxylic acid groups (broad SMARTS) is 1. The van der Waals surface area contributed by atoms with Crippen molar-refractivity contribution in [1.82, 2.24) is 0 Å². The molecule has 1 saturated heterocycles. The van der Waals surface area contributed by atoms with Gasteiger partial charge >= 0.3 is 5.97 Å². The highest BCUT2D eigenvalue weighted by atomic mass is 32.2. The zero-order valence-corrected chi connectivity index (χ0v) is 8.13. The van der Waals surface area contributed by atoms with E-state index in [9.17, 15) is 13.2 Å². The van der Waals surface area contributed by atoms with Gasteiger partial charge in [-0.25, -0.2) is 8.42 Å². The van der Waals surface area contributed by atoms with Crippen LogP contribution in [-0.2, 0) is 19.4 Å². The zero-order valence-electron chi connectivity index (χ0n) is 7.32. The third-order valence-corrected chi connectivity index (χ3v) is 3.82. The third-order valence-electron chi connectivity index (χ3n) is 1.89. The van der Waals surface area contributed by atoms with Gasteiger partial charge in [0.15, 0.2) is 9.84 Å². The van der Waals surface area contributed by atoms with Gasteiger partial charge in [-0.1, -0.05) is 0 Å². The van der Waals surface area contributed by atoms with Gasteiger partial charge in [-0.05, 0) is 6.92 Å². The zero-order chi connectivity index (χ0) is 10.1. The standard InChI is InChI=1S/C7H12O5S/c1-2-12-7(3-6(8)9)4-13(10,11)5-7/h2-5H2,1H3,(H,8,9). The quantitative estimate of drug-likeness (QED) is 0.684. The summed E-state index contributed by atoms with van der Waals surface area (Å²) in [6, 6.07) is 0. The van der Waals surface area contributed by atoms with Crippen LogP contribution in [0.1, 0.15) is 13.3 Å². The molecule has 6 heteroatoms. The molecule has 5 nitrogen and oxygen atoms in total. The van der Waals surface area contributed by atoms with Crippen molar-refractivity contribution in [3.63, 3.8) is 0 Å². The predicted molar refractivity (Wildman–Crippen MR) is 45.3 cm³/mol. The fraction of sp³-hybridized carbons (Fsp3) is 0.857. The summed E-state index contributed by atoms with van der Waals surface area (Å²) in [7, 11) is -3.05. The molecule has 76 valence electrons. The molecule has 13 heavy (non-hydrogen) atoms. The smallest absolute Gasteiger partial charge is 0.306 e. The summed E-state index contributed by atoms with van der Waals surface area (Å²) >= 11 is 0. The fourth-order valence-electron chi connectivity index (χ4n) is 1.58. The SMILES string of the molecule is CCOC1(CC(=O)O)CS(=O)(=O)C1. The molecule has 0 amide bonds. The second kappa shape index (κ2) is 3.26. The van der Waals surface area contributed by atoms with Crippen LogP contribution in [0.15, 0.2) is 0 Å². The molecule has 1 rings (SSSR count). The Morgan fingerprint density at radius 2 is 2.08 bits per heavy atom.